The van der Waals surface area contributed by atoms with Crippen molar-refractivity contribution in [2.75, 3.05) is 34.5 Å². The van der Waals surface area contributed by atoms with E-state index < -0.39 is 68.0 Å². The van der Waals surface area contributed by atoms with Gasteiger partial charge in [-0.25, -0.2) is 0 Å². The second kappa shape index (κ2) is 9.66. The van der Waals surface area contributed by atoms with Crippen molar-refractivity contribution in [3.63, 3.8) is 0 Å². The molecule has 5 N–H and O–H groups in total. The lowest BCUT2D eigenvalue weighted by Gasteiger charge is -2.43. The number of hydrogen-bond donors (Lipinski definition) is 5. The normalized spacial score (nSPS) is 47.1. The third kappa shape index (κ3) is 4.34. The molecule has 154 valence electrons. The number of ether oxygens (including phenoxy) is 6. The fourth-order valence-corrected chi connectivity index (χ4v) is 3.11. The Kier molecular flexibility index (Phi) is 8.12. The van der Waals surface area contributed by atoms with Gasteiger partial charge in [-0.1, -0.05) is 0 Å². The molecule has 0 aliphatic carbocycles. The third-order valence-electron chi connectivity index (χ3n) is 4.67. The van der Waals surface area contributed by atoms with Crippen LogP contribution in [0, 0.1) is 0 Å². The molecule has 2 rings (SSSR count). The van der Waals surface area contributed by atoms with E-state index in [0.29, 0.717) is 0 Å². The molecule has 11 heteroatoms. The molecule has 10 atom stereocenters. The van der Waals surface area contributed by atoms with Crippen LogP contribution in [0.2, 0.25) is 0 Å². The topological polar surface area (TPSA) is 157 Å². The molecule has 2 aliphatic heterocycles. The SMILES string of the molecule is COC1OC(COC2OC(CO)[C@@H](O)[C@H](O)[C@@H]2OC)[C@@H](O)[C@H](O)[C@@H]1OC. The van der Waals surface area contributed by atoms with Crippen LogP contribution in [-0.2, 0) is 28.4 Å². The van der Waals surface area contributed by atoms with Crippen molar-refractivity contribution in [1.82, 2.24) is 0 Å². The van der Waals surface area contributed by atoms with Gasteiger partial charge in [-0.15, -0.1) is 0 Å². The highest BCUT2D eigenvalue weighted by molar-refractivity contribution is 4.92. The Balaban J connectivity index is 2.01. The van der Waals surface area contributed by atoms with Gasteiger partial charge in [0.15, 0.2) is 12.6 Å². The molecule has 26 heavy (non-hydrogen) atoms. The van der Waals surface area contributed by atoms with Crippen LogP contribution in [0.25, 0.3) is 0 Å². The van der Waals surface area contributed by atoms with Crippen LogP contribution >= 0.6 is 0 Å². The Labute approximate surface area is 150 Å². The van der Waals surface area contributed by atoms with E-state index in [1.54, 1.807) is 0 Å². The van der Waals surface area contributed by atoms with E-state index in [1.165, 1.54) is 21.3 Å². The minimum Gasteiger partial charge on any atom is -0.394 e. The average Bonchev–Trinajstić information content (AvgIpc) is 2.65. The van der Waals surface area contributed by atoms with Gasteiger partial charge < -0.3 is 54.0 Å². The first-order valence-electron chi connectivity index (χ1n) is 8.23. The first kappa shape index (κ1) is 21.9. The quantitative estimate of drug-likeness (QED) is 0.298. The van der Waals surface area contributed by atoms with Crippen molar-refractivity contribution >= 4 is 0 Å². The highest BCUT2D eigenvalue weighted by Gasteiger charge is 2.48. The minimum atomic E-state index is -1.34. The Morgan fingerprint density at radius 1 is 0.692 bits per heavy atom. The molecule has 2 fully saturated rings. The summed E-state index contributed by atoms with van der Waals surface area (Å²) in [7, 11) is 4.03. The van der Waals surface area contributed by atoms with E-state index in [4.69, 9.17) is 28.4 Å². The number of methoxy groups -OCH3 is 3. The van der Waals surface area contributed by atoms with Crippen LogP contribution in [0.15, 0.2) is 0 Å². The van der Waals surface area contributed by atoms with Gasteiger partial charge in [0, 0.05) is 21.3 Å². The molecule has 0 amide bonds. The lowest BCUT2D eigenvalue weighted by Crippen LogP contribution is -2.62. The highest BCUT2D eigenvalue weighted by Crippen LogP contribution is 2.27. The largest absolute Gasteiger partial charge is 0.394 e. The van der Waals surface area contributed by atoms with E-state index in [9.17, 15) is 25.5 Å². The van der Waals surface area contributed by atoms with E-state index >= 15 is 0 Å². The predicted octanol–water partition coefficient (Wildman–Crippen LogP) is -3.43. The summed E-state index contributed by atoms with van der Waals surface area (Å²) < 4.78 is 31.8. The predicted molar refractivity (Wildman–Crippen MR) is 83.0 cm³/mol. The second-order valence-electron chi connectivity index (χ2n) is 6.20. The van der Waals surface area contributed by atoms with Crippen LogP contribution in [0.4, 0.5) is 0 Å². The molecule has 0 spiro atoms. The van der Waals surface area contributed by atoms with Gasteiger partial charge in [-0.3, -0.25) is 0 Å². The summed E-state index contributed by atoms with van der Waals surface area (Å²) in [6.45, 7) is -0.767. The maximum atomic E-state index is 10.2. The summed E-state index contributed by atoms with van der Waals surface area (Å²) in [6, 6.07) is 0. The average molecular weight is 384 g/mol. The number of rotatable bonds is 7. The molecule has 11 nitrogen and oxygen atoms in total. The van der Waals surface area contributed by atoms with Crippen molar-refractivity contribution in [2.24, 2.45) is 0 Å². The summed E-state index contributed by atoms with van der Waals surface area (Å²) in [6.07, 6.45) is -11.3. The minimum absolute atomic E-state index is 0.236. The standard InChI is InChI=1S/C15H28O11/c1-21-12-11(20)9(18)7(26-14(12)23-3)5-24-15-13(22-2)10(19)8(17)6(4-16)25-15/h6-20H,4-5H2,1-3H3/t6?,7?,8-,9-,10+,11+,12+,13+,14?,15?/m1/s1. The molecule has 0 saturated carbocycles. The summed E-state index contributed by atoms with van der Waals surface area (Å²) in [5.41, 5.74) is 0. The molecule has 0 aromatic heterocycles. The number of hydrogen-bond acceptors (Lipinski definition) is 11. The van der Waals surface area contributed by atoms with Gasteiger partial charge in [-0.2, -0.15) is 0 Å². The maximum absolute atomic E-state index is 10.2. The Bertz CT molecular complexity index is 422. The van der Waals surface area contributed by atoms with Crippen LogP contribution in [0.1, 0.15) is 0 Å². The number of aliphatic hydroxyl groups excluding tert-OH is 5. The zero-order valence-electron chi connectivity index (χ0n) is 14.9. The van der Waals surface area contributed by atoms with E-state index in [1.807, 2.05) is 0 Å². The van der Waals surface area contributed by atoms with Gasteiger partial charge in [-0.05, 0) is 0 Å². The first-order valence-corrected chi connectivity index (χ1v) is 8.23. The highest BCUT2D eigenvalue weighted by atomic mass is 16.7. The lowest BCUT2D eigenvalue weighted by atomic mass is 9.98. The molecule has 2 aliphatic rings. The second-order valence-corrected chi connectivity index (χ2v) is 6.20. The van der Waals surface area contributed by atoms with Gasteiger partial charge in [0.2, 0.25) is 0 Å². The van der Waals surface area contributed by atoms with Crippen LogP contribution in [0.5, 0.6) is 0 Å². The molecular formula is C15H28O11. The van der Waals surface area contributed by atoms with Crippen molar-refractivity contribution in [1.29, 1.82) is 0 Å². The summed E-state index contributed by atoms with van der Waals surface area (Å²) in [5, 5.41) is 49.6. The van der Waals surface area contributed by atoms with Crippen LogP contribution < -0.4 is 0 Å². The molecule has 0 aromatic carbocycles. The van der Waals surface area contributed by atoms with Crippen molar-refractivity contribution < 1.29 is 54.0 Å². The summed E-state index contributed by atoms with van der Waals surface area (Å²) in [4.78, 5) is 0. The first-order chi connectivity index (χ1) is 12.4. The van der Waals surface area contributed by atoms with E-state index in [0.717, 1.165) is 0 Å². The monoisotopic (exact) mass is 384 g/mol. The van der Waals surface area contributed by atoms with Gasteiger partial charge >= 0.3 is 0 Å². The molecule has 0 radical (unpaired) electrons. The molecule has 0 aromatic rings. The van der Waals surface area contributed by atoms with Crippen LogP contribution in [-0.4, -0.2) is 121 Å². The van der Waals surface area contributed by atoms with E-state index in [2.05, 4.69) is 0 Å². The molecular weight excluding hydrogens is 356 g/mol. The molecule has 0 bridgehead atoms. The summed E-state index contributed by atoms with van der Waals surface area (Å²) >= 11 is 0. The zero-order valence-corrected chi connectivity index (χ0v) is 14.9. The third-order valence-corrected chi connectivity index (χ3v) is 4.67. The van der Waals surface area contributed by atoms with Crippen molar-refractivity contribution in [3.8, 4) is 0 Å². The molecule has 2 heterocycles. The molecule has 2 saturated heterocycles. The lowest BCUT2D eigenvalue weighted by molar-refractivity contribution is -0.332. The molecule has 4 unspecified atom stereocenters. The fourth-order valence-electron chi connectivity index (χ4n) is 3.11. The Morgan fingerprint density at radius 3 is 1.69 bits per heavy atom. The van der Waals surface area contributed by atoms with Crippen LogP contribution in [0.3, 0.4) is 0 Å². The van der Waals surface area contributed by atoms with Gasteiger partial charge in [0.05, 0.1) is 13.2 Å². The summed E-state index contributed by atoms with van der Waals surface area (Å²) in [5.74, 6) is 0. The van der Waals surface area contributed by atoms with Gasteiger partial charge in [0.25, 0.3) is 0 Å². The van der Waals surface area contributed by atoms with E-state index in [-0.39, 0.29) is 6.61 Å². The maximum Gasteiger partial charge on any atom is 0.187 e. The van der Waals surface area contributed by atoms with Gasteiger partial charge in [0.1, 0.15) is 48.8 Å². The fraction of sp³-hybridized carbons (Fsp3) is 1.00. The Hall–Kier alpha value is -0.440. The Morgan fingerprint density at radius 2 is 1.19 bits per heavy atom. The zero-order chi connectivity index (χ0) is 19.4. The number of aliphatic hydroxyl groups is 5. The van der Waals surface area contributed by atoms with Crippen molar-refractivity contribution in [3.05, 3.63) is 0 Å². The van der Waals surface area contributed by atoms with Crippen molar-refractivity contribution in [2.45, 2.75) is 61.4 Å². The smallest absolute Gasteiger partial charge is 0.187 e.